The molecule has 3 aromatic rings. The molecule has 0 aliphatic heterocycles. The van der Waals surface area contributed by atoms with Crippen LogP contribution in [0.2, 0.25) is 5.02 Å². The van der Waals surface area contributed by atoms with Gasteiger partial charge in [-0.3, -0.25) is 9.59 Å². The zero-order valence-electron chi connectivity index (χ0n) is 20.5. The van der Waals surface area contributed by atoms with Crippen LogP contribution in [0, 0.1) is 0 Å². The summed E-state index contributed by atoms with van der Waals surface area (Å²) in [6.45, 7) is 0.146. The zero-order chi connectivity index (χ0) is 28.2. The van der Waals surface area contributed by atoms with Gasteiger partial charge in [0.05, 0.1) is 17.0 Å². The molecule has 1 aliphatic rings. The number of carboxylic acid groups (broad SMARTS) is 1. The summed E-state index contributed by atoms with van der Waals surface area (Å²) in [7, 11) is 0. The fourth-order valence-electron chi connectivity index (χ4n) is 4.28. The van der Waals surface area contributed by atoms with Gasteiger partial charge in [0.1, 0.15) is 0 Å². The van der Waals surface area contributed by atoms with Crippen LogP contribution in [0.25, 0.3) is 0 Å². The number of rotatable bonds is 9. The second-order valence-corrected chi connectivity index (χ2v) is 9.57. The number of aliphatic carboxylic acids is 1. The van der Waals surface area contributed by atoms with Gasteiger partial charge < -0.3 is 20.6 Å². The van der Waals surface area contributed by atoms with Crippen molar-refractivity contribution < 1.29 is 32.7 Å². The summed E-state index contributed by atoms with van der Waals surface area (Å²) < 4.78 is 40.0. The van der Waals surface area contributed by atoms with Crippen molar-refractivity contribution in [1.82, 2.24) is 10.2 Å². The fourth-order valence-corrected chi connectivity index (χ4v) is 4.51. The molecule has 3 amide bonds. The number of amides is 3. The Morgan fingerprint density at radius 3 is 2.33 bits per heavy atom. The Morgan fingerprint density at radius 1 is 1.00 bits per heavy atom. The molecule has 0 heterocycles. The Kier molecular flexibility index (Phi) is 8.44. The summed E-state index contributed by atoms with van der Waals surface area (Å²) in [4.78, 5) is 37.8. The molecule has 2 atom stereocenters. The van der Waals surface area contributed by atoms with Gasteiger partial charge in [-0.05, 0) is 47.9 Å². The maximum atomic E-state index is 13.4. The van der Waals surface area contributed by atoms with E-state index in [9.17, 15) is 27.6 Å². The van der Waals surface area contributed by atoms with Gasteiger partial charge in [-0.2, -0.15) is 13.2 Å². The number of carbonyl (C=O) groups is 3. The van der Waals surface area contributed by atoms with Gasteiger partial charge in [0.25, 0.3) is 5.91 Å². The van der Waals surface area contributed by atoms with E-state index in [1.165, 1.54) is 6.07 Å². The second-order valence-electron chi connectivity index (χ2n) is 9.17. The van der Waals surface area contributed by atoms with Crippen molar-refractivity contribution in [2.24, 2.45) is 0 Å². The van der Waals surface area contributed by atoms with E-state index < -0.39 is 34.7 Å². The number of hydrogen-bond acceptors (Lipinski definition) is 3. The van der Waals surface area contributed by atoms with E-state index in [1.807, 2.05) is 30.3 Å². The highest BCUT2D eigenvalue weighted by molar-refractivity contribution is 6.31. The van der Waals surface area contributed by atoms with E-state index in [-0.39, 0.29) is 37.2 Å². The predicted molar refractivity (Wildman–Crippen MR) is 140 cm³/mol. The Labute approximate surface area is 227 Å². The molecule has 11 heteroatoms. The molecule has 204 valence electrons. The lowest BCUT2D eigenvalue weighted by atomic mass is 10.1. The van der Waals surface area contributed by atoms with Crippen LogP contribution in [0.1, 0.15) is 45.8 Å². The molecule has 3 aromatic carbocycles. The standard InChI is InChI=1S/C28H25ClF3N3O4/c29-23-11-10-20(14-22(23)28(30,31)32)34-27(39)35(24-15-21(24)18-4-2-1-3-5-18)16-17-6-8-19(9-7-17)26(38)33-13-12-25(36)37/h1-11,14,21,24H,12-13,15-16H2,(H,33,38)(H,34,39)(H,36,37). The average Bonchev–Trinajstić information content (AvgIpc) is 3.69. The zero-order valence-corrected chi connectivity index (χ0v) is 21.3. The highest BCUT2D eigenvalue weighted by Gasteiger charge is 2.45. The summed E-state index contributed by atoms with van der Waals surface area (Å²) in [5.74, 6) is -1.37. The van der Waals surface area contributed by atoms with E-state index >= 15 is 0 Å². The molecule has 7 nitrogen and oxygen atoms in total. The molecule has 0 aromatic heterocycles. The summed E-state index contributed by atoms with van der Waals surface area (Å²) in [6.07, 6.45) is -4.18. The first-order valence-corrected chi connectivity index (χ1v) is 12.5. The van der Waals surface area contributed by atoms with Crippen LogP contribution in [-0.2, 0) is 17.5 Å². The number of nitrogens with zero attached hydrogens (tertiary/aromatic N) is 1. The number of nitrogens with one attached hydrogen (secondary N) is 2. The third-order valence-electron chi connectivity index (χ3n) is 6.36. The van der Waals surface area contributed by atoms with Gasteiger partial charge in [-0.1, -0.05) is 54.1 Å². The number of carbonyl (C=O) groups excluding carboxylic acids is 2. The van der Waals surface area contributed by atoms with Crippen LogP contribution >= 0.6 is 11.6 Å². The van der Waals surface area contributed by atoms with E-state index in [2.05, 4.69) is 10.6 Å². The SMILES string of the molecule is O=C(O)CCNC(=O)c1ccc(CN(C(=O)Nc2ccc(Cl)c(C(F)(F)F)c2)C2CC2c2ccccc2)cc1. The molecular formula is C28H25ClF3N3O4. The topological polar surface area (TPSA) is 98.7 Å². The van der Waals surface area contributed by atoms with E-state index in [0.29, 0.717) is 17.5 Å². The quantitative estimate of drug-likeness (QED) is 0.293. The fraction of sp³-hybridized carbons (Fsp3) is 0.250. The second kappa shape index (κ2) is 11.8. The van der Waals surface area contributed by atoms with Crippen molar-refractivity contribution >= 4 is 35.2 Å². The van der Waals surface area contributed by atoms with Gasteiger partial charge >= 0.3 is 18.2 Å². The highest BCUT2D eigenvalue weighted by Crippen LogP contribution is 2.45. The molecule has 39 heavy (non-hydrogen) atoms. The molecule has 4 rings (SSSR count). The van der Waals surface area contributed by atoms with E-state index in [4.69, 9.17) is 16.7 Å². The number of carboxylic acids is 1. The number of halogens is 4. The Morgan fingerprint density at radius 2 is 1.69 bits per heavy atom. The van der Waals surface area contributed by atoms with Gasteiger partial charge in [-0.25, -0.2) is 4.79 Å². The van der Waals surface area contributed by atoms with Gasteiger partial charge in [0.15, 0.2) is 0 Å². The van der Waals surface area contributed by atoms with Crippen molar-refractivity contribution in [3.63, 3.8) is 0 Å². The number of alkyl halides is 3. The maximum Gasteiger partial charge on any atom is 0.417 e. The predicted octanol–water partition coefficient (Wildman–Crippen LogP) is 6.15. The van der Waals surface area contributed by atoms with Gasteiger partial charge in [0, 0.05) is 36.3 Å². The minimum Gasteiger partial charge on any atom is -0.481 e. The molecule has 1 fully saturated rings. The third kappa shape index (κ3) is 7.29. The Balaban J connectivity index is 1.51. The van der Waals surface area contributed by atoms with Gasteiger partial charge in [-0.15, -0.1) is 0 Å². The molecule has 0 radical (unpaired) electrons. The van der Waals surface area contributed by atoms with Crippen LogP contribution in [0.3, 0.4) is 0 Å². The highest BCUT2D eigenvalue weighted by atomic mass is 35.5. The van der Waals surface area contributed by atoms with Crippen molar-refractivity contribution in [2.45, 2.75) is 37.5 Å². The number of urea groups is 1. The smallest absolute Gasteiger partial charge is 0.417 e. The first kappa shape index (κ1) is 28.0. The van der Waals surface area contributed by atoms with Crippen LogP contribution in [-0.4, -0.2) is 40.5 Å². The number of anilines is 1. The van der Waals surface area contributed by atoms with Crippen molar-refractivity contribution in [2.75, 3.05) is 11.9 Å². The average molecular weight is 560 g/mol. The normalized spacial score (nSPS) is 16.3. The van der Waals surface area contributed by atoms with Gasteiger partial charge in [0.2, 0.25) is 0 Å². The summed E-state index contributed by atoms with van der Waals surface area (Å²) in [5.41, 5.74) is 1.01. The Bertz CT molecular complexity index is 1350. The molecule has 0 bridgehead atoms. The summed E-state index contributed by atoms with van der Waals surface area (Å²) in [5, 5.41) is 13.3. The molecule has 3 N–H and O–H groups in total. The van der Waals surface area contributed by atoms with Crippen LogP contribution in [0.5, 0.6) is 0 Å². The number of benzene rings is 3. The lowest BCUT2D eigenvalue weighted by Gasteiger charge is -2.24. The van der Waals surface area contributed by atoms with E-state index in [0.717, 1.165) is 17.7 Å². The van der Waals surface area contributed by atoms with Crippen molar-refractivity contribution in [3.05, 3.63) is 100 Å². The van der Waals surface area contributed by atoms with E-state index in [1.54, 1.807) is 29.2 Å². The van der Waals surface area contributed by atoms with Crippen molar-refractivity contribution in [1.29, 1.82) is 0 Å². The van der Waals surface area contributed by atoms with Crippen LogP contribution in [0.4, 0.5) is 23.7 Å². The molecule has 1 saturated carbocycles. The third-order valence-corrected chi connectivity index (χ3v) is 6.69. The molecule has 2 unspecified atom stereocenters. The number of hydrogen-bond donors (Lipinski definition) is 3. The molecule has 1 aliphatic carbocycles. The largest absolute Gasteiger partial charge is 0.481 e. The minimum atomic E-state index is -4.67. The first-order valence-electron chi connectivity index (χ1n) is 12.1. The Hall–Kier alpha value is -4.05. The molecular weight excluding hydrogens is 535 g/mol. The van der Waals surface area contributed by atoms with Crippen LogP contribution < -0.4 is 10.6 Å². The maximum absolute atomic E-state index is 13.4. The summed E-state index contributed by atoms with van der Waals surface area (Å²) >= 11 is 5.71. The molecule has 0 spiro atoms. The first-order chi connectivity index (χ1) is 18.5. The monoisotopic (exact) mass is 559 g/mol. The van der Waals surface area contributed by atoms with Crippen molar-refractivity contribution in [3.8, 4) is 0 Å². The lowest BCUT2D eigenvalue weighted by Crippen LogP contribution is -2.37. The molecule has 0 saturated heterocycles. The lowest BCUT2D eigenvalue weighted by molar-refractivity contribution is -0.138. The summed E-state index contributed by atoms with van der Waals surface area (Å²) in [6, 6.07) is 18.6. The minimum absolute atomic E-state index is 0.00677. The van der Waals surface area contributed by atoms with Crippen LogP contribution in [0.15, 0.2) is 72.8 Å².